The summed E-state index contributed by atoms with van der Waals surface area (Å²) in [6.45, 7) is 1.73. The summed E-state index contributed by atoms with van der Waals surface area (Å²) in [5, 5.41) is 3.17. The van der Waals surface area contributed by atoms with Gasteiger partial charge in [0, 0.05) is 0 Å². The van der Waals surface area contributed by atoms with Gasteiger partial charge in [0.2, 0.25) is 5.91 Å². The van der Waals surface area contributed by atoms with Gasteiger partial charge in [0.25, 0.3) is 0 Å². The molecule has 1 saturated heterocycles. The molecule has 4 heteroatoms. The predicted octanol–water partition coefficient (Wildman–Crippen LogP) is -1.06. The van der Waals surface area contributed by atoms with Crippen LogP contribution in [0.3, 0.4) is 0 Å². The first-order valence-electron chi connectivity index (χ1n) is 3.95. The van der Waals surface area contributed by atoms with Crippen molar-refractivity contribution in [2.75, 3.05) is 13.1 Å². The molecule has 1 fully saturated rings. The quantitative estimate of drug-likeness (QED) is 0.454. The number of nitrogens with two attached hydrogens (primary N) is 2. The molecule has 0 spiro atoms. The van der Waals surface area contributed by atoms with Crippen LogP contribution in [-0.2, 0) is 4.79 Å². The third-order valence-electron chi connectivity index (χ3n) is 2.22. The van der Waals surface area contributed by atoms with Gasteiger partial charge in [-0.25, -0.2) is 0 Å². The van der Waals surface area contributed by atoms with Gasteiger partial charge >= 0.3 is 0 Å². The van der Waals surface area contributed by atoms with E-state index in [9.17, 15) is 4.79 Å². The summed E-state index contributed by atoms with van der Waals surface area (Å²) >= 11 is 0. The van der Waals surface area contributed by atoms with E-state index in [1.54, 1.807) is 0 Å². The van der Waals surface area contributed by atoms with Gasteiger partial charge in [-0.15, -0.1) is 0 Å². The molecule has 1 heterocycles. The number of hydrogen-bond acceptors (Lipinski definition) is 3. The first kappa shape index (κ1) is 8.49. The van der Waals surface area contributed by atoms with Gasteiger partial charge < -0.3 is 16.8 Å². The first-order valence-corrected chi connectivity index (χ1v) is 3.95. The lowest BCUT2D eigenvalue weighted by atomic mass is 9.91. The highest BCUT2D eigenvalue weighted by atomic mass is 16.1. The fourth-order valence-corrected chi connectivity index (χ4v) is 1.34. The molecule has 5 N–H and O–H groups in total. The van der Waals surface area contributed by atoms with Gasteiger partial charge in [-0.1, -0.05) is 0 Å². The van der Waals surface area contributed by atoms with Crippen LogP contribution in [0.5, 0.6) is 0 Å². The zero-order chi connectivity index (χ0) is 8.32. The van der Waals surface area contributed by atoms with Crippen molar-refractivity contribution >= 4 is 5.91 Å². The van der Waals surface area contributed by atoms with Gasteiger partial charge in [-0.05, 0) is 32.4 Å². The van der Waals surface area contributed by atoms with Crippen LogP contribution in [-0.4, -0.2) is 24.5 Å². The predicted molar refractivity (Wildman–Crippen MR) is 42.8 cm³/mol. The van der Waals surface area contributed by atoms with Crippen molar-refractivity contribution in [2.45, 2.75) is 24.8 Å². The van der Waals surface area contributed by atoms with Gasteiger partial charge in [0.05, 0.1) is 5.54 Å². The zero-order valence-electron chi connectivity index (χ0n) is 6.60. The lowest BCUT2D eigenvalue weighted by Crippen LogP contribution is -2.52. The molecule has 1 rings (SSSR count). The minimum Gasteiger partial charge on any atom is -0.368 e. The molecule has 0 aromatic heterocycles. The Morgan fingerprint density at radius 1 is 1.36 bits per heavy atom. The highest BCUT2D eigenvalue weighted by Crippen LogP contribution is 2.15. The second-order valence-electron chi connectivity index (χ2n) is 3.12. The molecule has 1 atom stereocenters. The Morgan fingerprint density at radius 2 is 2.09 bits per heavy atom. The summed E-state index contributed by atoms with van der Waals surface area (Å²) < 4.78 is 0. The third kappa shape index (κ3) is 1.91. The standard InChI is InChI=1S/C7H15N3O/c8-6(11)7(9)2-1-4-10-5-3-7/h10H,1-5,9H2,(H2,8,11). The molecule has 0 aromatic rings. The second kappa shape index (κ2) is 3.19. The fourth-order valence-electron chi connectivity index (χ4n) is 1.34. The molecular weight excluding hydrogens is 142 g/mol. The van der Waals surface area contributed by atoms with Crippen molar-refractivity contribution in [1.29, 1.82) is 0 Å². The average molecular weight is 157 g/mol. The normalized spacial score (nSPS) is 32.8. The highest BCUT2D eigenvalue weighted by Gasteiger charge is 2.31. The maximum atomic E-state index is 10.9. The van der Waals surface area contributed by atoms with Gasteiger partial charge in [-0.2, -0.15) is 0 Å². The molecule has 0 saturated carbocycles. The monoisotopic (exact) mass is 157 g/mol. The van der Waals surface area contributed by atoms with E-state index in [1.165, 1.54) is 0 Å². The smallest absolute Gasteiger partial charge is 0.237 e. The lowest BCUT2D eigenvalue weighted by Gasteiger charge is -2.22. The van der Waals surface area contributed by atoms with E-state index in [-0.39, 0.29) is 5.91 Å². The van der Waals surface area contributed by atoms with Crippen LogP contribution < -0.4 is 16.8 Å². The number of amides is 1. The Kier molecular flexibility index (Phi) is 2.46. The summed E-state index contributed by atoms with van der Waals surface area (Å²) in [5.74, 6) is -0.374. The maximum Gasteiger partial charge on any atom is 0.237 e. The number of primary amides is 1. The van der Waals surface area contributed by atoms with E-state index in [4.69, 9.17) is 11.5 Å². The number of carbonyl (C=O) groups is 1. The van der Waals surface area contributed by atoms with Gasteiger partial charge in [-0.3, -0.25) is 4.79 Å². The summed E-state index contributed by atoms with van der Waals surface area (Å²) in [6, 6.07) is 0. The van der Waals surface area contributed by atoms with Crippen LogP contribution >= 0.6 is 0 Å². The molecule has 1 amide bonds. The van der Waals surface area contributed by atoms with Crippen molar-refractivity contribution in [3.8, 4) is 0 Å². The summed E-state index contributed by atoms with van der Waals surface area (Å²) in [7, 11) is 0. The van der Waals surface area contributed by atoms with Crippen molar-refractivity contribution < 1.29 is 4.79 Å². The Hall–Kier alpha value is -0.610. The molecular formula is C7H15N3O. The molecule has 64 valence electrons. The molecule has 1 aliphatic heterocycles. The van der Waals surface area contributed by atoms with Crippen LogP contribution in [0.1, 0.15) is 19.3 Å². The summed E-state index contributed by atoms with van der Waals surface area (Å²) in [5.41, 5.74) is 10.2. The van der Waals surface area contributed by atoms with Crippen LogP contribution in [0.15, 0.2) is 0 Å². The van der Waals surface area contributed by atoms with E-state index in [0.29, 0.717) is 12.8 Å². The van der Waals surface area contributed by atoms with E-state index in [2.05, 4.69) is 5.32 Å². The number of carbonyl (C=O) groups excluding carboxylic acids is 1. The van der Waals surface area contributed by atoms with E-state index in [0.717, 1.165) is 19.5 Å². The molecule has 0 bridgehead atoms. The van der Waals surface area contributed by atoms with Crippen molar-refractivity contribution in [2.24, 2.45) is 11.5 Å². The Labute approximate surface area is 66.3 Å². The van der Waals surface area contributed by atoms with Crippen LogP contribution in [0.2, 0.25) is 0 Å². The second-order valence-corrected chi connectivity index (χ2v) is 3.12. The van der Waals surface area contributed by atoms with Crippen LogP contribution in [0, 0.1) is 0 Å². The van der Waals surface area contributed by atoms with Crippen molar-refractivity contribution in [3.05, 3.63) is 0 Å². The highest BCUT2D eigenvalue weighted by molar-refractivity contribution is 5.84. The van der Waals surface area contributed by atoms with Crippen LogP contribution in [0.25, 0.3) is 0 Å². The van der Waals surface area contributed by atoms with E-state index in [1.807, 2.05) is 0 Å². The minimum atomic E-state index is -0.760. The minimum absolute atomic E-state index is 0.374. The lowest BCUT2D eigenvalue weighted by molar-refractivity contribution is -0.123. The Bertz CT molecular complexity index is 150. The molecule has 4 nitrogen and oxygen atoms in total. The molecule has 0 radical (unpaired) electrons. The molecule has 0 aromatic carbocycles. The largest absolute Gasteiger partial charge is 0.368 e. The van der Waals surface area contributed by atoms with Gasteiger partial charge in [0.1, 0.15) is 0 Å². The Balaban J connectivity index is 2.59. The van der Waals surface area contributed by atoms with Crippen LogP contribution in [0.4, 0.5) is 0 Å². The number of hydrogen-bond donors (Lipinski definition) is 3. The molecule has 1 unspecified atom stereocenters. The van der Waals surface area contributed by atoms with E-state index >= 15 is 0 Å². The summed E-state index contributed by atoms with van der Waals surface area (Å²) in [6.07, 6.45) is 2.29. The molecule has 0 aliphatic carbocycles. The number of nitrogens with one attached hydrogen (secondary N) is 1. The van der Waals surface area contributed by atoms with E-state index < -0.39 is 5.54 Å². The maximum absolute atomic E-state index is 10.9. The average Bonchev–Trinajstić information content (AvgIpc) is 2.15. The van der Waals surface area contributed by atoms with Gasteiger partial charge in [0.15, 0.2) is 0 Å². The SMILES string of the molecule is NC(=O)C1(N)CCCNCC1. The third-order valence-corrected chi connectivity index (χ3v) is 2.22. The zero-order valence-corrected chi connectivity index (χ0v) is 6.60. The Morgan fingerprint density at radius 3 is 2.73 bits per heavy atom. The first-order chi connectivity index (χ1) is 5.15. The summed E-state index contributed by atoms with van der Waals surface area (Å²) in [4.78, 5) is 10.9. The number of rotatable bonds is 1. The van der Waals surface area contributed by atoms with Crippen molar-refractivity contribution in [1.82, 2.24) is 5.32 Å². The fraction of sp³-hybridized carbons (Fsp3) is 0.857. The molecule has 11 heavy (non-hydrogen) atoms. The molecule has 1 aliphatic rings. The van der Waals surface area contributed by atoms with Crippen molar-refractivity contribution in [3.63, 3.8) is 0 Å². The topological polar surface area (TPSA) is 81.1 Å².